The van der Waals surface area contributed by atoms with Crippen LogP contribution in [0.25, 0.3) is 5.65 Å². The zero-order chi connectivity index (χ0) is 6.10. The standard InChI is InChI=1S/C5H3N4/c1-2-6-4-9-5(1)7-3-8-9/h1-3H. The third kappa shape index (κ3) is 0.561. The molecule has 0 atom stereocenters. The quantitative estimate of drug-likeness (QED) is 0.487. The van der Waals surface area contributed by atoms with Crippen LogP contribution in [-0.2, 0) is 0 Å². The smallest absolute Gasteiger partial charge is 0.201 e. The molecule has 1 radical (unpaired) electrons. The Hall–Kier alpha value is -1.45. The highest BCUT2D eigenvalue weighted by atomic mass is 15.3. The van der Waals surface area contributed by atoms with Crippen LogP contribution in [0.15, 0.2) is 18.6 Å². The second-order valence-corrected chi connectivity index (χ2v) is 1.57. The molecule has 0 saturated heterocycles. The molecule has 2 aromatic rings. The van der Waals surface area contributed by atoms with E-state index in [4.69, 9.17) is 0 Å². The predicted octanol–water partition coefficient (Wildman–Crippen LogP) is -0.0755. The van der Waals surface area contributed by atoms with Crippen LogP contribution in [0.2, 0.25) is 0 Å². The molecule has 0 bridgehead atoms. The second-order valence-electron chi connectivity index (χ2n) is 1.57. The molecule has 0 N–H and O–H groups in total. The van der Waals surface area contributed by atoms with Gasteiger partial charge in [0.1, 0.15) is 6.33 Å². The molecule has 0 unspecified atom stereocenters. The van der Waals surface area contributed by atoms with Gasteiger partial charge in [-0.2, -0.15) is 9.61 Å². The molecule has 0 saturated carbocycles. The maximum absolute atomic E-state index is 3.90. The van der Waals surface area contributed by atoms with Crippen molar-refractivity contribution in [3.05, 3.63) is 24.9 Å². The first-order valence-corrected chi connectivity index (χ1v) is 2.49. The lowest BCUT2D eigenvalue weighted by Gasteiger charge is -1.82. The summed E-state index contributed by atoms with van der Waals surface area (Å²) in [6.07, 6.45) is 5.72. The minimum atomic E-state index is 0.769. The molecule has 2 rings (SSSR count). The largest absolute Gasteiger partial charge is 0.234 e. The third-order valence-corrected chi connectivity index (χ3v) is 1.02. The lowest BCUT2D eigenvalue weighted by atomic mass is 10.6. The van der Waals surface area contributed by atoms with Crippen molar-refractivity contribution in [2.45, 2.75) is 0 Å². The lowest BCUT2D eigenvalue weighted by Crippen LogP contribution is -1.86. The summed E-state index contributed by atoms with van der Waals surface area (Å²) in [6, 6.07) is 1.77. The van der Waals surface area contributed by atoms with Crippen LogP contribution >= 0.6 is 0 Å². The van der Waals surface area contributed by atoms with Crippen LogP contribution in [0.3, 0.4) is 0 Å². The third-order valence-electron chi connectivity index (χ3n) is 1.02. The normalized spacial score (nSPS) is 10.2. The molecule has 0 aliphatic carbocycles. The minimum absolute atomic E-state index is 0.769. The number of nitrogens with zero attached hydrogens (tertiary/aromatic N) is 4. The molecule has 0 spiro atoms. The van der Waals surface area contributed by atoms with Crippen LogP contribution in [0.1, 0.15) is 0 Å². The van der Waals surface area contributed by atoms with E-state index in [-0.39, 0.29) is 0 Å². The van der Waals surface area contributed by atoms with Gasteiger partial charge in [0.25, 0.3) is 0 Å². The first kappa shape index (κ1) is 4.43. The SMILES string of the molecule is [c]1nccc2ncnn12. The highest BCUT2D eigenvalue weighted by Crippen LogP contribution is 1.89. The van der Waals surface area contributed by atoms with E-state index in [9.17, 15) is 0 Å². The molecule has 0 fully saturated rings. The first-order chi connectivity index (χ1) is 4.47. The summed E-state index contributed by atoms with van der Waals surface area (Å²) in [5, 5.41) is 3.81. The van der Waals surface area contributed by atoms with Crippen molar-refractivity contribution in [3.63, 3.8) is 0 Å². The maximum Gasteiger partial charge on any atom is 0.201 e. The Morgan fingerprint density at radius 1 is 1.56 bits per heavy atom. The first-order valence-electron chi connectivity index (χ1n) is 2.49. The van der Waals surface area contributed by atoms with Crippen molar-refractivity contribution in [2.75, 3.05) is 0 Å². The van der Waals surface area contributed by atoms with Gasteiger partial charge in [0.05, 0.1) is 0 Å². The van der Waals surface area contributed by atoms with E-state index in [2.05, 4.69) is 21.4 Å². The number of hydrogen-bond acceptors (Lipinski definition) is 3. The summed E-state index contributed by atoms with van der Waals surface area (Å²) in [5.74, 6) is 0. The van der Waals surface area contributed by atoms with Crippen molar-refractivity contribution >= 4 is 5.65 Å². The topological polar surface area (TPSA) is 43.1 Å². The molecule has 9 heavy (non-hydrogen) atoms. The van der Waals surface area contributed by atoms with Gasteiger partial charge < -0.3 is 0 Å². The Balaban J connectivity index is 2.95. The summed E-state index contributed by atoms with van der Waals surface area (Å²) in [4.78, 5) is 7.62. The van der Waals surface area contributed by atoms with Crippen LogP contribution < -0.4 is 0 Å². The maximum atomic E-state index is 3.90. The summed E-state index contributed by atoms with van der Waals surface area (Å²) >= 11 is 0. The van der Waals surface area contributed by atoms with Gasteiger partial charge in [-0.15, -0.1) is 0 Å². The van der Waals surface area contributed by atoms with Gasteiger partial charge in [-0.25, -0.2) is 9.97 Å². The minimum Gasteiger partial charge on any atom is -0.234 e. The molecule has 0 amide bonds. The fourth-order valence-corrected chi connectivity index (χ4v) is 0.633. The Kier molecular flexibility index (Phi) is 0.745. The second kappa shape index (κ2) is 1.51. The molecular formula is C5H3N4. The van der Waals surface area contributed by atoms with Crippen LogP contribution in [-0.4, -0.2) is 19.6 Å². The zero-order valence-electron chi connectivity index (χ0n) is 4.52. The van der Waals surface area contributed by atoms with E-state index in [0.717, 1.165) is 5.65 Å². The monoisotopic (exact) mass is 119 g/mol. The Morgan fingerprint density at radius 2 is 2.56 bits per heavy atom. The van der Waals surface area contributed by atoms with Crippen molar-refractivity contribution < 1.29 is 0 Å². The van der Waals surface area contributed by atoms with E-state index < -0.39 is 0 Å². The van der Waals surface area contributed by atoms with Crippen molar-refractivity contribution in [2.24, 2.45) is 0 Å². The molecule has 2 aromatic heterocycles. The highest BCUT2D eigenvalue weighted by Gasteiger charge is 1.88. The zero-order valence-corrected chi connectivity index (χ0v) is 4.52. The van der Waals surface area contributed by atoms with E-state index in [1.165, 1.54) is 10.8 Å². The van der Waals surface area contributed by atoms with Gasteiger partial charge in [-0.3, -0.25) is 0 Å². The number of hydrogen-bond donors (Lipinski definition) is 0. The number of aromatic nitrogens is 4. The summed E-state index contributed by atoms with van der Waals surface area (Å²) in [6.45, 7) is 0. The fraction of sp³-hybridized carbons (Fsp3) is 0. The Morgan fingerprint density at radius 3 is 3.44 bits per heavy atom. The molecular weight excluding hydrogens is 116 g/mol. The van der Waals surface area contributed by atoms with Gasteiger partial charge in [0.2, 0.25) is 6.33 Å². The summed E-state index contributed by atoms with van der Waals surface area (Å²) < 4.78 is 1.49. The van der Waals surface area contributed by atoms with Crippen LogP contribution in [0, 0.1) is 6.33 Å². The number of fused-ring (bicyclic) bond motifs is 1. The van der Waals surface area contributed by atoms with Gasteiger partial charge >= 0.3 is 0 Å². The molecule has 0 aliphatic heterocycles. The van der Waals surface area contributed by atoms with Gasteiger partial charge in [0.15, 0.2) is 5.65 Å². The fourth-order valence-electron chi connectivity index (χ4n) is 0.633. The lowest BCUT2D eigenvalue weighted by molar-refractivity contribution is 0.910. The van der Waals surface area contributed by atoms with E-state index >= 15 is 0 Å². The van der Waals surface area contributed by atoms with Gasteiger partial charge in [-0.1, -0.05) is 0 Å². The molecule has 2 heterocycles. The van der Waals surface area contributed by atoms with Crippen LogP contribution in [0.5, 0.6) is 0 Å². The molecule has 4 nitrogen and oxygen atoms in total. The predicted molar refractivity (Wildman–Crippen MR) is 29.6 cm³/mol. The Bertz CT molecular complexity index is 283. The molecule has 0 aromatic carbocycles. The average Bonchev–Trinajstić information content (AvgIpc) is 2.33. The Labute approximate surface area is 51.2 Å². The average molecular weight is 119 g/mol. The summed E-state index contributed by atoms with van der Waals surface area (Å²) in [5.41, 5.74) is 0.769. The van der Waals surface area contributed by atoms with Gasteiger partial charge in [0, 0.05) is 12.3 Å². The van der Waals surface area contributed by atoms with Crippen molar-refractivity contribution in [3.8, 4) is 0 Å². The molecule has 43 valence electrons. The van der Waals surface area contributed by atoms with E-state index in [0.29, 0.717) is 0 Å². The van der Waals surface area contributed by atoms with Crippen LogP contribution in [0.4, 0.5) is 0 Å². The van der Waals surface area contributed by atoms with Gasteiger partial charge in [-0.05, 0) is 0 Å². The highest BCUT2D eigenvalue weighted by molar-refractivity contribution is 5.32. The molecule has 0 aliphatic rings. The molecule has 4 heteroatoms. The summed E-state index contributed by atoms with van der Waals surface area (Å²) in [7, 11) is 0. The van der Waals surface area contributed by atoms with Crippen molar-refractivity contribution in [1.82, 2.24) is 19.6 Å². The van der Waals surface area contributed by atoms with E-state index in [1.54, 1.807) is 12.3 Å². The van der Waals surface area contributed by atoms with E-state index in [1.807, 2.05) is 0 Å². The number of rotatable bonds is 0. The van der Waals surface area contributed by atoms with Crippen molar-refractivity contribution in [1.29, 1.82) is 0 Å².